The van der Waals surface area contributed by atoms with E-state index in [-0.39, 0.29) is 12.5 Å². The predicted octanol–water partition coefficient (Wildman–Crippen LogP) is 1.42. The van der Waals surface area contributed by atoms with Crippen molar-refractivity contribution in [2.45, 2.75) is 46.3 Å². The highest BCUT2D eigenvalue weighted by Crippen LogP contribution is 2.11. The normalized spacial score (nSPS) is 16.4. The minimum atomic E-state index is -0.589. The molecule has 0 aromatic heterocycles. The van der Waals surface area contributed by atoms with E-state index in [1.54, 1.807) is 7.11 Å². The van der Waals surface area contributed by atoms with Crippen LogP contribution in [-0.4, -0.2) is 91.3 Å². The fraction of sp³-hybridized carbons (Fsp3) is 0.882. The maximum Gasteiger partial charge on any atom is 0.410 e. The van der Waals surface area contributed by atoms with Crippen molar-refractivity contribution in [1.82, 2.24) is 14.7 Å². The molecule has 0 atom stereocenters. The maximum atomic E-state index is 12.5. The fourth-order valence-corrected chi connectivity index (χ4v) is 2.51. The summed E-state index contributed by atoms with van der Waals surface area (Å²) in [5.41, 5.74) is -0.589. The Balaban J connectivity index is 2.59. The summed E-state index contributed by atoms with van der Waals surface area (Å²) < 4.78 is 10.4. The van der Waals surface area contributed by atoms with Crippen molar-refractivity contribution >= 4 is 12.0 Å². The number of carbonyl (C=O) groups excluding carboxylic acids is 2. The molecule has 1 aliphatic rings. The van der Waals surface area contributed by atoms with Crippen molar-refractivity contribution in [3.63, 3.8) is 0 Å². The van der Waals surface area contributed by atoms with Crippen LogP contribution in [0.15, 0.2) is 0 Å². The zero-order valence-electron chi connectivity index (χ0n) is 16.0. The summed E-state index contributed by atoms with van der Waals surface area (Å²) in [4.78, 5) is 30.4. The first-order valence-electron chi connectivity index (χ1n) is 8.62. The number of piperazine rings is 1. The van der Waals surface area contributed by atoms with Gasteiger partial charge in [0.15, 0.2) is 0 Å². The van der Waals surface area contributed by atoms with Gasteiger partial charge in [0.25, 0.3) is 0 Å². The first kappa shape index (κ1) is 20.7. The molecule has 1 fully saturated rings. The van der Waals surface area contributed by atoms with Gasteiger partial charge in [-0.25, -0.2) is 4.79 Å². The van der Waals surface area contributed by atoms with E-state index in [1.165, 1.54) is 4.90 Å². The molecule has 1 saturated heterocycles. The van der Waals surface area contributed by atoms with Crippen molar-refractivity contribution in [3.05, 3.63) is 0 Å². The van der Waals surface area contributed by atoms with Gasteiger partial charge < -0.3 is 14.4 Å². The molecular weight excluding hydrogens is 310 g/mol. The Morgan fingerprint density at radius 2 is 1.71 bits per heavy atom. The van der Waals surface area contributed by atoms with Crippen LogP contribution < -0.4 is 0 Å². The summed E-state index contributed by atoms with van der Waals surface area (Å²) in [7, 11) is 1.57. The van der Waals surface area contributed by atoms with Gasteiger partial charge in [0.1, 0.15) is 12.1 Å². The zero-order valence-corrected chi connectivity index (χ0v) is 16.0. The third-order valence-electron chi connectivity index (χ3n) is 3.94. The summed E-state index contributed by atoms with van der Waals surface area (Å²) in [6.07, 6.45) is -0.478. The molecule has 1 heterocycles. The topological polar surface area (TPSA) is 62.3 Å². The lowest BCUT2D eigenvalue weighted by Crippen LogP contribution is -2.53. The van der Waals surface area contributed by atoms with E-state index in [0.29, 0.717) is 32.3 Å². The molecular formula is C17H33N3O4. The zero-order chi connectivity index (χ0) is 18.3. The second-order valence-corrected chi connectivity index (χ2v) is 7.41. The Bertz CT molecular complexity index is 413. The number of methoxy groups -OCH3 is 1. The van der Waals surface area contributed by atoms with E-state index >= 15 is 0 Å². The van der Waals surface area contributed by atoms with E-state index in [9.17, 15) is 9.59 Å². The second kappa shape index (κ2) is 9.22. The first-order chi connectivity index (χ1) is 11.1. The van der Waals surface area contributed by atoms with Gasteiger partial charge in [0.2, 0.25) is 5.91 Å². The molecule has 24 heavy (non-hydrogen) atoms. The molecule has 1 rings (SSSR count). The molecule has 140 valence electrons. The lowest BCUT2D eigenvalue weighted by atomic mass is 10.2. The highest BCUT2D eigenvalue weighted by Gasteiger charge is 2.27. The van der Waals surface area contributed by atoms with Crippen LogP contribution in [0.25, 0.3) is 0 Å². The molecule has 0 aromatic rings. The largest absolute Gasteiger partial charge is 0.444 e. The molecule has 0 bridgehead atoms. The van der Waals surface area contributed by atoms with Crippen LogP contribution in [0.4, 0.5) is 4.79 Å². The Morgan fingerprint density at radius 1 is 1.12 bits per heavy atom. The van der Waals surface area contributed by atoms with E-state index in [0.717, 1.165) is 13.1 Å². The van der Waals surface area contributed by atoms with Gasteiger partial charge in [-0.2, -0.15) is 0 Å². The summed E-state index contributed by atoms with van der Waals surface area (Å²) in [6, 6.07) is 0.488. The minimum absolute atomic E-state index is 0.0277. The number of hydrogen-bond acceptors (Lipinski definition) is 5. The van der Waals surface area contributed by atoms with E-state index < -0.39 is 11.7 Å². The number of carbonyl (C=O) groups is 2. The van der Waals surface area contributed by atoms with Crippen LogP contribution in [0.1, 0.15) is 34.6 Å². The van der Waals surface area contributed by atoms with Crippen molar-refractivity contribution < 1.29 is 19.1 Å². The van der Waals surface area contributed by atoms with Crippen LogP contribution in [0, 0.1) is 0 Å². The molecule has 2 amide bonds. The fourth-order valence-electron chi connectivity index (χ4n) is 2.51. The molecule has 0 saturated carbocycles. The monoisotopic (exact) mass is 343 g/mol. The van der Waals surface area contributed by atoms with Crippen LogP contribution in [0.5, 0.6) is 0 Å². The molecule has 7 heteroatoms. The van der Waals surface area contributed by atoms with Gasteiger partial charge in [0.05, 0.1) is 6.61 Å². The molecule has 0 radical (unpaired) electrons. The number of ether oxygens (including phenoxy) is 2. The van der Waals surface area contributed by atoms with Crippen molar-refractivity contribution in [3.8, 4) is 0 Å². The number of amides is 2. The number of rotatable bonds is 6. The van der Waals surface area contributed by atoms with E-state index in [1.807, 2.05) is 25.7 Å². The SMILES string of the molecule is COCCN(CC(=O)N1CCN(C(C)C)CC1)C(=O)OC(C)(C)C. The molecule has 0 aliphatic carbocycles. The van der Waals surface area contributed by atoms with Gasteiger partial charge in [-0.1, -0.05) is 0 Å². The average Bonchev–Trinajstić information content (AvgIpc) is 2.49. The van der Waals surface area contributed by atoms with Gasteiger partial charge in [-0.3, -0.25) is 14.6 Å². The van der Waals surface area contributed by atoms with Crippen LogP contribution in [0.3, 0.4) is 0 Å². The summed E-state index contributed by atoms with van der Waals surface area (Å²) >= 11 is 0. The van der Waals surface area contributed by atoms with Gasteiger partial charge in [-0.05, 0) is 34.6 Å². The Morgan fingerprint density at radius 3 is 2.17 bits per heavy atom. The Hall–Kier alpha value is -1.34. The molecule has 0 spiro atoms. The summed E-state index contributed by atoms with van der Waals surface area (Å²) in [6.45, 7) is 13.6. The van der Waals surface area contributed by atoms with Crippen LogP contribution in [0.2, 0.25) is 0 Å². The second-order valence-electron chi connectivity index (χ2n) is 7.41. The van der Waals surface area contributed by atoms with E-state index in [2.05, 4.69) is 18.7 Å². The maximum absolute atomic E-state index is 12.5. The molecule has 0 unspecified atom stereocenters. The summed E-state index contributed by atoms with van der Waals surface area (Å²) in [5, 5.41) is 0. The molecule has 0 N–H and O–H groups in total. The molecule has 0 aromatic carbocycles. The van der Waals surface area contributed by atoms with Gasteiger partial charge in [-0.15, -0.1) is 0 Å². The van der Waals surface area contributed by atoms with Crippen LogP contribution >= 0.6 is 0 Å². The lowest BCUT2D eigenvalue weighted by molar-refractivity contribution is -0.134. The molecule has 1 aliphatic heterocycles. The first-order valence-corrected chi connectivity index (χ1v) is 8.62. The van der Waals surface area contributed by atoms with Gasteiger partial charge >= 0.3 is 6.09 Å². The Labute approximate surface area is 145 Å². The highest BCUT2D eigenvalue weighted by molar-refractivity contribution is 5.82. The van der Waals surface area contributed by atoms with Crippen molar-refractivity contribution in [1.29, 1.82) is 0 Å². The number of nitrogens with zero attached hydrogens (tertiary/aromatic N) is 3. The summed E-state index contributed by atoms with van der Waals surface area (Å²) in [5.74, 6) is -0.0413. The van der Waals surface area contributed by atoms with Crippen molar-refractivity contribution in [2.24, 2.45) is 0 Å². The molecule has 7 nitrogen and oxygen atoms in total. The van der Waals surface area contributed by atoms with Crippen molar-refractivity contribution in [2.75, 3.05) is 53.0 Å². The highest BCUT2D eigenvalue weighted by atomic mass is 16.6. The third-order valence-corrected chi connectivity index (χ3v) is 3.94. The Kier molecular flexibility index (Phi) is 7.96. The third kappa shape index (κ3) is 7.05. The van der Waals surface area contributed by atoms with E-state index in [4.69, 9.17) is 9.47 Å². The standard InChI is InChI=1S/C17H33N3O4/c1-14(2)18-7-9-19(10-8-18)15(21)13-20(11-12-23-6)16(22)24-17(3,4)5/h14H,7-13H2,1-6H3. The van der Waals surface area contributed by atoms with Crippen LogP contribution in [-0.2, 0) is 14.3 Å². The van der Waals surface area contributed by atoms with Gasteiger partial charge in [0, 0.05) is 45.9 Å². The average molecular weight is 343 g/mol. The quantitative estimate of drug-likeness (QED) is 0.730. The minimum Gasteiger partial charge on any atom is -0.444 e. The lowest BCUT2D eigenvalue weighted by Gasteiger charge is -2.37. The number of hydrogen-bond donors (Lipinski definition) is 0. The smallest absolute Gasteiger partial charge is 0.410 e. The predicted molar refractivity (Wildman–Crippen MR) is 93.0 cm³/mol.